The molecule has 1 fully saturated rings. The van der Waals surface area contributed by atoms with Gasteiger partial charge in [-0.2, -0.15) is 13.2 Å². The maximum atomic E-state index is 11.9. The maximum Gasteiger partial charge on any atom is 0.441 e. The van der Waals surface area contributed by atoms with E-state index in [1.54, 1.807) is 12.5 Å². The van der Waals surface area contributed by atoms with E-state index in [-0.39, 0.29) is 17.5 Å². The van der Waals surface area contributed by atoms with Crippen molar-refractivity contribution < 1.29 is 13.2 Å². The Balaban J connectivity index is 1.66. The summed E-state index contributed by atoms with van der Waals surface area (Å²) in [5.41, 5.74) is -3.08. The van der Waals surface area contributed by atoms with Crippen LogP contribution in [0.2, 0.25) is 0 Å². The van der Waals surface area contributed by atoms with Gasteiger partial charge in [0.15, 0.2) is 0 Å². The van der Waals surface area contributed by atoms with Gasteiger partial charge in [0.05, 0.1) is 12.0 Å². The van der Waals surface area contributed by atoms with Gasteiger partial charge in [0.2, 0.25) is 0 Å². The lowest BCUT2D eigenvalue weighted by Gasteiger charge is -2.08. The van der Waals surface area contributed by atoms with Crippen molar-refractivity contribution in [3.63, 3.8) is 0 Å². The molecule has 1 heterocycles. The molecule has 0 spiro atoms. The van der Waals surface area contributed by atoms with Crippen LogP contribution in [0.25, 0.3) is 0 Å². The molecule has 1 N–H and O–H groups in total. The molecule has 3 nitrogen and oxygen atoms in total. The molecular weight excluding hydrogens is 251 g/mol. The van der Waals surface area contributed by atoms with Gasteiger partial charge in [-0.25, -0.2) is 4.98 Å². The van der Waals surface area contributed by atoms with Crippen LogP contribution < -0.4 is 5.32 Å². The fourth-order valence-electron chi connectivity index (χ4n) is 1.61. The minimum Gasteiger partial charge on any atom is -0.330 e. The molecule has 0 aromatic carbocycles. The third-order valence-corrected chi connectivity index (χ3v) is 3.27. The van der Waals surface area contributed by atoms with Gasteiger partial charge < -0.3 is 9.88 Å². The zero-order valence-electron chi connectivity index (χ0n) is 9.20. The second kappa shape index (κ2) is 5.30. The van der Waals surface area contributed by atoms with E-state index in [0.717, 1.165) is 5.69 Å². The van der Waals surface area contributed by atoms with E-state index in [1.807, 2.05) is 0 Å². The van der Waals surface area contributed by atoms with Gasteiger partial charge in [0.1, 0.15) is 0 Å². The number of alkyl halides is 3. The van der Waals surface area contributed by atoms with E-state index in [9.17, 15) is 13.2 Å². The van der Waals surface area contributed by atoms with Crippen molar-refractivity contribution in [2.75, 3.05) is 12.3 Å². The van der Waals surface area contributed by atoms with Crippen LogP contribution >= 0.6 is 11.8 Å². The molecule has 0 amide bonds. The Kier molecular flexibility index (Phi) is 3.98. The number of aromatic nitrogens is 2. The van der Waals surface area contributed by atoms with E-state index in [2.05, 4.69) is 14.9 Å². The molecule has 0 unspecified atom stereocenters. The number of nitrogens with one attached hydrogen (secondary N) is 1. The summed E-state index contributed by atoms with van der Waals surface area (Å²) < 4.78 is 37.7. The summed E-state index contributed by atoms with van der Waals surface area (Å²) in [6.45, 7) is 0.926. The molecule has 1 aromatic rings. The van der Waals surface area contributed by atoms with E-state index in [1.165, 1.54) is 12.8 Å². The molecule has 1 aromatic heterocycles. The third kappa shape index (κ3) is 4.23. The van der Waals surface area contributed by atoms with Gasteiger partial charge in [-0.05, 0) is 24.6 Å². The Morgan fingerprint density at radius 2 is 2.24 bits per heavy atom. The highest BCUT2D eigenvalue weighted by Gasteiger charge is 2.27. The molecule has 1 aliphatic carbocycles. The Morgan fingerprint density at radius 1 is 1.47 bits per heavy atom. The monoisotopic (exact) mass is 265 g/mol. The van der Waals surface area contributed by atoms with Crippen LogP contribution in [-0.4, -0.2) is 27.4 Å². The largest absolute Gasteiger partial charge is 0.441 e. The Bertz CT molecular complexity index is 360. The SMILES string of the molecule is FC(F)(F)SCCNCc1cncn1C1CC1. The minimum absolute atomic E-state index is 0.00868. The van der Waals surface area contributed by atoms with Crippen molar-refractivity contribution in [1.82, 2.24) is 14.9 Å². The van der Waals surface area contributed by atoms with E-state index >= 15 is 0 Å². The molecule has 1 aliphatic rings. The fraction of sp³-hybridized carbons (Fsp3) is 0.700. The lowest BCUT2D eigenvalue weighted by atomic mass is 10.4. The van der Waals surface area contributed by atoms with Crippen LogP contribution in [0.1, 0.15) is 24.6 Å². The lowest BCUT2D eigenvalue weighted by molar-refractivity contribution is -0.0327. The summed E-state index contributed by atoms with van der Waals surface area (Å²) >= 11 is 0.00868. The summed E-state index contributed by atoms with van der Waals surface area (Å²) in [6, 6.07) is 0.554. The molecule has 0 atom stereocenters. The summed E-state index contributed by atoms with van der Waals surface area (Å²) in [5.74, 6) is 0.0427. The van der Waals surface area contributed by atoms with Crippen LogP contribution in [0, 0.1) is 0 Å². The molecule has 0 saturated heterocycles. The van der Waals surface area contributed by atoms with E-state index in [0.29, 0.717) is 19.1 Å². The van der Waals surface area contributed by atoms with Crippen molar-refractivity contribution in [1.29, 1.82) is 0 Å². The van der Waals surface area contributed by atoms with Gasteiger partial charge in [-0.1, -0.05) is 0 Å². The number of nitrogens with zero attached hydrogens (tertiary/aromatic N) is 2. The summed E-state index contributed by atoms with van der Waals surface area (Å²) in [4.78, 5) is 4.06. The number of thioether (sulfide) groups is 1. The zero-order chi connectivity index (χ0) is 12.3. The Morgan fingerprint density at radius 3 is 2.88 bits per heavy atom. The molecule has 0 aliphatic heterocycles. The molecule has 7 heteroatoms. The Hall–Kier alpha value is -0.690. The van der Waals surface area contributed by atoms with Crippen LogP contribution in [0.5, 0.6) is 0 Å². The van der Waals surface area contributed by atoms with Crippen molar-refractivity contribution in [2.24, 2.45) is 0 Å². The summed E-state index contributed by atoms with van der Waals surface area (Å²) in [7, 11) is 0. The zero-order valence-corrected chi connectivity index (χ0v) is 10.0. The first kappa shape index (κ1) is 12.8. The smallest absolute Gasteiger partial charge is 0.330 e. The first-order valence-electron chi connectivity index (χ1n) is 5.48. The summed E-state index contributed by atoms with van der Waals surface area (Å²) in [5, 5.41) is 3.00. The molecular formula is C10H14F3N3S. The van der Waals surface area contributed by atoms with Gasteiger partial charge in [-0.15, -0.1) is 0 Å². The predicted octanol–water partition coefficient (Wildman–Crippen LogP) is 2.56. The van der Waals surface area contributed by atoms with Crippen molar-refractivity contribution in [3.8, 4) is 0 Å². The standard InChI is InChI=1S/C10H14F3N3S/c11-10(12,13)17-4-3-14-5-9-6-15-7-16(9)8-1-2-8/h6-8,14H,1-5H2. The second-order valence-corrected chi connectivity index (χ2v) is 5.15. The van der Waals surface area contributed by atoms with Crippen molar-refractivity contribution in [2.45, 2.75) is 30.9 Å². The number of hydrogen-bond acceptors (Lipinski definition) is 3. The van der Waals surface area contributed by atoms with Crippen LogP contribution in [-0.2, 0) is 6.54 Å². The summed E-state index contributed by atoms with van der Waals surface area (Å²) in [6.07, 6.45) is 5.90. The maximum absolute atomic E-state index is 11.9. The molecule has 96 valence electrons. The Labute approximate surface area is 102 Å². The van der Waals surface area contributed by atoms with Crippen LogP contribution in [0.4, 0.5) is 13.2 Å². The minimum atomic E-state index is -4.13. The third-order valence-electron chi connectivity index (χ3n) is 2.54. The molecule has 2 rings (SSSR count). The van der Waals surface area contributed by atoms with E-state index < -0.39 is 5.51 Å². The van der Waals surface area contributed by atoms with Gasteiger partial charge in [0, 0.05) is 31.1 Å². The first-order valence-corrected chi connectivity index (χ1v) is 6.47. The topological polar surface area (TPSA) is 29.9 Å². The van der Waals surface area contributed by atoms with Crippen LogP contribution in [0.15, 0.2) is 12.5 Å². The number of rotatable bonds is 6. The molecule has 1 saturated carbocycles. The highest BCUT2D eigenvalue weighted by molar-refractivity contribution is 8.00. The average molecular weight is 265 g/mol. The van der Waals surface area contributed by atoms with Crippen LogP contribution in [0.3, 0.4) is 0 Å². The number of imidazole rings is 1. The average Bonchev–Trinajstić information content (AvgIpc) is 2.97. The second-order valence-electron chi connectivity index (χ2n) is 3.99. The van der Waals surface area contributed by atoms with Gasteiger partial charge in [0.25, 0.3) is 0 Å². The highest BCUT2D eigenvalue weighted by atomic mass is 32.2. The predicted molar refractivity (Wildman–Crippen MR) is 60.7 cm³/mol. The molecule has 17 heavy (non-hydrogen) atoms. The quantitative estimate of drug-likeness (QED) is 0.802. The van der Waals surface area contributed by atoms with E-state index in [4.69, 9.17) is 0 Å². The fourth-order valence-corrected chi connectivity index (χ4v) is 2.08. The lowest BCUT2D eigenvalue weighted by Crippen LogP contribution is -2.20. The molecule has 0 bridgehead atoms. The molecule has 0 radical (unpaired) electrons. The van der Waals surface area contributed by atoms with Crippen molar-refractivity contribution >= 4 is 11.8 Å². The number of hydrogen-bond donors (Lipinski definition) is 1. The highest BCUT2D eigenvalue weighted by Crippen LogP contribution is 2.35. The number of halogens is 3. The van der Waals surface area contributed by atoms with Gasteiger partial charge >= 0.3 is 5.51 Å². The first-order chi connectivity index (χ1) is 8.06. The normalized spacial score (nSPS) is 16.4. The van der Waals surface area contributed by atoms with Crippen molar-refractivity contribution in [3.05, 3.63) is 18.2 Å². The van der Waals surface area contributed by atoms with Gasteiger partial charge in [-0.3, -0.25) is 0 Å².